The van der Waals surface area contributed by atoms with E-state index >= 15 is 0 Å². The molecule has 16 heavy (non-hydrogen) atoms. The summed E-state index contributed by atoms with van der Waals surface area (Å²) in [6, 6.07) is 3.25. The number of halogens is 2. The Balaban J connectivity index is 3.03. The van der Waals surface area contributed by atoms with E-state index in [1.165, 1.54) is 12.1 Å². The summed E-state index contributed by atoms with van der Waals surface area (Å²) >= 11 is 3.09. The molecule has 0 atom stereocenters. The first kappa shape index (κ1) is 12.4. The van der Waals surface area contributed by atoms with Gasteiger partial charge < -0.3 is 0 Å². The molecule has 0 aliphatic rings. The zero-order valence-corrected chi connectivity index (χ0v) is 9.90. The molecule has 1 amide bonds. The van der Waals surface area contributed by atoms with Gasteiger partial charge in [-0.2, -0.15) is 0 Å². The van der Waals surface area contributed by atoms with Crippen molar-refractivity contribution in [3.8, 4) is 0 Å². The molecule has 82 valence electrons. The third-order valence-electron chi connectivity index (χ3n) is 1.85. The molecule has 0 unspecified atom stereocenters. The minimum atomic E-state index is -0.765. The molecule has 0 aromatic heterocycles. The maximum absolute atomic E-state index is 13.6. The van der Waals surface area contributed by atoms with E-state index in [-0.39, 0.29) is 5.56 Å². The van der Waals surface area contributed by atoms with Gasteiger partial charge >= 0.3 is 0 Å². The molecular formula is C10H7BrFN3O. The van der Waals surface area contributed by atoms with Gasteiger partial charge in [0.1, 0.15) is 5.82 Å². The molecule has 0 bridgehead atoms. The smallest absolute Gasteiger partial charge is 0.242 e. The topological polar surface area (TPSA) is 65.8 Å². The van der Waals surface area contributed by atoms with E-state index in [4.69, 9.17) is 5.53 Å². The zero-order valence-electron chi connectivity index (χ0n) is 8.32. The predicted molar refractivity (Wildman–Crippen MR) is 62.0 cm³/mol. The van der Waals surface area contributed by atoms with Crippen LogP contribution in [0.4, 0.5) is 4.39 Å². The van der Waals surface area contributed by atoms with Crippen molar-refractivity contribution < 1.29 is 9.18 Å². The number of hydrogen-bond acceptors (Lipinski definition) is 1. The Morgan fingerprint density at radius 2 is 2.31 bits per heavy atom. The molecule has 0 radical (unpaired) electrons. The van der Waals surface area contributed by atoms with Gasteiger partial charge in [-0.3, -0.25) is 4.79 Å². The molecule has 0 fully saturated rings. The monoisotopic (exact) mass is 283 g/mol. The minimum Gasteiger partial charge on any atom is -0.288 e. The lowest BCUT2D eigenvalue weighted by Gasteiger charge is -2.02. The van der Waals surface area contributed by atoms with Crippen LogP contribution in [0.3, 0.4) is 0 Å². The molecule has 0 N–H and O–H groups in total. The maximum atomic E-state index is 13.6. The number of amides is 1. The number of benzene rings is 1. The highest BCUT2D eigenvalue weighted by Gasteiger charge is 2.06. The summed E-state index contributed by atoms with van der Waals surface area (Å²) in [4.78, 5) is 13.2. The average Bonchev–Trinajstić information content (AvgIpc) is 2.25. The molecule has 0 aliphatic carbocycles. The van der Waals surface area contributed by atoms with E-state index < -0.39 is 11.7 Å². The molecule has 0 heterocycles. The van der Waals surface area contributed by atoms with E-state index in [1.54, 1.807) is 13.0 Å². The molecule has 0 aliphatic heterocycles. The fraction of sp³-hybridized carbons (Fsp3) is 0.100. The van der Waals surface area contributed by atoms with Crippen LogP contribution in [0.2, 0.25) is 0 Å². The Labute approximate surface area is 99.5 Å². The largest absolute Gasteiger partial charge is 0.288 e. The number of hydrogen-bond donors (Lipinski definition) is 0. The van der Waals surface area contributed by atoms with Gasteiger partial charge in [-0.15, -0.1) is 0 Å². The highest BCUT2D eigenvalue weighted by Crippen LogP contribution is 2.23. The Hall–Kier alpha value is -1.65. The van der Waals surface area contributed by atoms with Crippen LogP contribution in [0.1, 0.15) is 11.1 Å². The standard InChI is InChI=1S/C10H7BrFN3O/c1-6-2-3-7(10(12)9(6)11)4-5-8(16)14-15-13/h2-5H,1H3. The molecular weight excluding hydrogens is 277 g/mol. The minimum absolute atomic E-state index is 0.249. The molecule has 0 saturated carbocycles. The second-order valence-electron chi connectivity index (χ2n) is 2.96. The van der Waals surface area contributed by atoms with Crippen LogP contribution in [-0.4, -0.2) is 5.91 Å². The number of aryl methyl sites for hydroxylation is 1. The third kappa shape index (κ3) is 2.92. The Bertz CT molecular complexity index is 507. The number of rotatable bonds is 2. The number of nitrogens with zero attached hydrogens (tertiary/aromatic N) is 3. The SMILES string of the molecule is Cc1ccc(C=CC(=O)N=[N+]=[N-])c(F)c1Br. The van der Waals surface area contributed by atoms with Gasteiger partial charge in [0, 0.05) is 10.5 Å². The van der Waals surface area contributed by atoms with Crippen molar-refractivity contribution in [2.45, 2.75) is 6.92 Å². The van der Waals surface area contributed by atoms with Crippen molar-refractivity contribution in [2.24, 2.45) is 5.11 Å². The zero-order chi connectivity index (χ0) is 12.1. The van der Waals surface area contributed by atoms with Gasteiger partial charge in [0.05, 0.1) is 4.47 Å². The highest BCUT2D eigenvalue weighted by atomic mass is 79.9. The number of carbonyl (C=O) groups is 1. The quantitative estimate of drug-likeness (QED) is 0.353. The van der Waals surface area contributed by atoms with E-state index in [9.17, 15) is 9.18 Å². The van der Waals surface area contributed by atoms with Crippen molar-refractivity contribution in [1.82, 2.24) is 0 Å². The summed E-state index contributed by atoms with van der Waals surface area (Å²) in [7, 11) is 0. The van der Waals surface area contributed by atoms with Crippen LogP contribution in [0, 0.1) is 12.7 Å². The van der Waals surface area contributed by atoms with E-state index in [0.717, 1.165) is 11.6 Å². The lowest BCUT2D eigenvalue weighted by atomic mass is 10.1. The second kappa shape index (κ2) is 5.44. The Kier molecular flexibility index (Phi) is 4.22. The summed E-state index contributed by atoms with van der Waals surface area (Å²) in [5.74, 6) is -1.22. The van der Waals surface area contributed by atoms with E-state index in [2.05, 4.69) is 26.0 Å². The fourth-order valence-corrected chi connectivity index (χ4v) is 1.39. The van der Waals surface area contributed by atoms with Gasteiger partial charge in [0.2, 0.25) is 5.91 Å². The number of carbonyl (C=O) groups excluding carboxylic acids is 1. The molecule has 0 spiro atoms. The molecule has 1 aromatic rings. The molecule has 1 aromatic carbocycles. The van der Waals surface area contributed by atoms with Gasteiger partial charge in [-0.1, -0.05) is 12.1 Å². The van der Waals surface area contributed by atoms with Gasteiger partial charge in [0.15, 0.2) is 0 Å². The molecule has 4 nitrogen and oxygen atoms in total. The van der Waals surface area contributed by atoms with Crippen LogP contribution in [0.15, 0.2) is 27.8 Å². The average molecular weight is 284 g/mol. The lowest BCUT2D eigenvalue weighted by molar-refractivity contribution is -0.113. The first-order valence-electron chi connectivity index (χ1n) is 4.28. The highest BCUT2D eigenvalue weighted by molar-refractivity contribution is 9.10. The predicted octanol–water partition coefficient (Wildman–Crippen LogP) is 3.75. The van der Waals surface area contributed by atoms with Gasteiger partial charge in [-0.05, 0) is 51.2 Å². The van der Waals surface area contributed by atoms with Gasteiger partial charge in [-0.25, -0.2) is 4.39 Å². The van der Waals surface area contributed by atoms with Crippen molar-refractivity contribution in [3.63, 3.8) is 0 Å². The maximum Gasteiger partial charge on any atom is 0.242 e. The van der Waals surface area contributed by atoms with Crippen LogP contribution in [0.25, 0.3) is 16.5 Å². The van der Waals surface area contributed by atoms with E-state index in [1.807, 2.05) is 0 Å². The van der Waals surface area contributed by atoms with Crippen molar-refractivity contribution >= 4 is 27.9 Å². The fourth-order valence-electron chi connectivity index (χ4n) is 1.03. The van der Waals surface area contributed by atoms with Crippen molar-refractivity contribution in [1.29, 1.82) is 0 Å². The second-order valence-corrected chi connectivity index (χ2v) is 3.75. The summed E-state index contributed by atoms with van der Waals surface area (Å²) < 4.78 is 13.9. The number of azide groups is 1. The molecule has 0 saturated heterocycles. The summed E-state index contributed by atoms with van der Waals surface area (Å²) in [5, 5.41) is 2.83. The van der Waals surface area contributed by atoms with Crippen LogP contribution >= 0.6 is 15.9 Å². The van der Waals surface area contributed by atoms with Crippen molar-refractivity contribution in [2.75, 3.05) is 0 Å². The van der Waals surface area contributed by atoms with Crippen molar-refractivity contribution in [3.05, 3.63) is 50.1 Å². The Morgan fingerprint density at radius 3 is 2.94 bits per heavy atom. The summed E-state index contributed by atoms with van der Waals surface area (Å²) in [6.45, 7) is 1.76. The summed E-state index contributed by atoms with van der Waals surface area (Å²) in [5.41, 5.74) is 9.00. The molecule has 6 heteroatoms. The van der Waals surface area contributed by atoms with Crippen LogP contribution < -0.4 is 0 Å². The lowest BCUT2D eigenvalue weighted by Crippen LogP contribution is -1.89. The van der Waals surface area contributed by atoms with Gasteiger partial charge in [0.25, 0.3) is 0 Å². The Morgan fingerprint density at radius 1 is 1.62 bits per heavy atom. The summed E-state index contributed by atoms with van der Waals surface area (Å²) in [6.07, 6.45) is 2.27. The third-order valence-corrected chi connectivity index (χ3v) is 2.83. The first-order valence-corrected chi connectivity index (χ1v) is 5.07. The van der Waals surface area contributed by atoms with E-state index in [0.29, 0.717) is 4.47 Å². The molecule has 1 rings (SSSR count). The van der Waals surface area contributed by atoms with Crippen LogP contribution in [-0.2, 0) is 4.79 Å². The first-order chi connectivity index (χ1) is 7.56. The van der Waals surface area contributed by atoms with Crippen LogP contribution in [0.5, 0.6) is 0 Å². The normalized spacial score (nSPS) is 10.2.